The first-order valence-corrected chi connectivity index (χ1v) is 16.8. The number of hydrogen-bond acceptors (Lipinski definition) is 3. The van der Waals surface area contributed by atoms with Crippen LogP contribution in [-0.2, 0) is 26.3 Å². The molecule has 1 aliphatic heterocycles. The molecule has 1 fully saturated rings. The van der Waals surface area contributed by atoms with E-state index in [9.17, 15) is 4.89 Å². The van der Waals surface area contributed by atoms with Crippen LogP contribution in [0.5, 0.6) is 0 Å². The highest BCUT2D eigenvalue weighted by molar-refractivity contribution is 7.41. The fourth-order valence-corrected chi connectivity index (χ4v) is 7.13. The summed E-state index contributed by atoms with van der Waals surface area (Å²) in [6.07, 6.45) is 10.6. The normalized spacial score (nSPS) is 25.0. The van der Waals surface area contributed by atoms with E-state index in [1.165, 1.54) is 53.5 Å². The van der Waals surface area contributed by atoms with Crippen LogP contribution >= 0.6 is 8.60 Å². The lowest BCUT2D eigenvalue weighted by Gasteiger charge is -2.54. The van der Waals surface area contributed by atoms with Gasteiger partial charge in [0.15, 0.2) is 0 Å². The van der Waals surface area contributed by atoms with Crippen LogP contribution in [0.1, 0.15) is 145 Å². The highest BCUT2D eigenvalue weighted by Crippen LogP contribution is 2.67. The smallest absolute Gasteiger partial charge is 0.328 e. The van der Waals surface area contributed by atoms with Crippen molar-refractivity contribution in [3.05, 3.63) is 52.1 Å². The Morgan fingerprint density at radius 1 is 0.875 bits per heavy atom. The summed E-state index contributed by atoms with van der Waals surface area (Å²) in [5.41, 5.74) is 7.62. The van der Waals surface area contributed by atoms with Crippen LogP contribution in [-0.4, -0.2) is 10.7 Å². The second-order valence-electron chi connectivity index (χ2n) is 16.5. The molecule has 1 aliphatic carbocycles. The Morgan fingerprint density at radius 2 is 1.48 bits per heavy atom. The molecule has 0 bridgehead atoms. The summed E-state index contributed by atoms with van der Waals surface area (Å²) < 4.78 is 12.8. The van der Waals surface area contributed by atoms with E-state index in [2.05, 4.69) is 121 Å². The quantitative estimate of drug-likeness (QED) is 0.331. The lowest BCUT2D eigenvalue weighted by molar-refractivity contribution is -0.197. The standard InChI is InChI=1S/C36H59O3P/c1-15-17-18-24(16-2)19-27-28(20-25(32(3,4)5)21-29(27)34(9,10)11)30-22-26(33(6,7)8)23-31(35(12,13)14)36(30)38-40(37)39-36/h20-24,31,37H,15-19H2,1-14H3. The van der Waals surface area contributed by atoms with Gasteiger partial charge in [-0.05, 0) is 67.9 Å². The van der Waals surface area contributed by atoms with Gasteiger partial charge in [-0.15, -0.1) is 0 Å². The van der Waals surface area contributed by atoms with Gasteiger partial charge in [0.05, 0.1) is 0 Å². The van der Waals surface area contributed by atoms with Gasteiger partial charge in [0.25, 0.3) is 0 Å². The molecule has 226 valence electrons. The summed E-state index contributed by atoms with van der Waals surface area (Å²) in [7, 11) is -1.89. The first kappa shape index (κ1) is 33.5. The summed E-state index contributed by atoms with van der Waals surface area (Å²) in [6, 6.07) is 4.91. The number of hydrogen-bond donors (Lipinski definition) is 1. The van der Waals surface area contributed by atoms with E-state index < -0.39 is 14.4 Å². The minimum absolute atomic E-state index is 0.0148. The summed E-state index contributed by atoms with van der Waals surface area (Å²) in [5, 5.41) is 0. The molecular weight excluding hydrogens is 511 g/mol. The van der Waals surface area contributed by atoms with Gasteiger partial charge >= 0.3 is 8.60 Å². The van der Waals surface area contributed by atoms with Crippen LogP contribution < -0.4 is 0 Å². The zero-order valence-corrected chi connectivity index (χ0v) is 29.1. The predicted octanol–water partition coefficient (Wildman–Crippen LogP) is 11.0. The molecule has 3 rings (SSSR count). The minimum atomic E-state index is -1.89. The summed E-state index contributed by atoms with van der Waals surface area (Å²) in [6.45, 7) is 32.2. The van der Waals surface area contributed by atoms with Crippen molar-refractivity contribution in [3.63, 3.8) is 0 Å². The Hall–Kier alpha value is -0.990. The average molecular weight is 571 g/mol. The van der Waals surface area contributed by atoms with Crippen LogP contribution in [0.4, 0.5) is 0 Å². The fourth-order valence-electron chi connectivity index (χ4n) is 6.23. The first-order valence-electron chi connectivity index (χ1n) is 15.6. The van der Waals surface area contributed by atoms with Gasteiger partial charge in [-0.3, -0.25) is 9.05 Å². The Balaban J connectivity index is 2.44. The second-order valence-corrected chi connectivity index (χ2v) is 17.4. The molecule has 4 heteroatoms. The predicted molar refractivity (Wildman–Crippen MR) is 173 cm³/mol. The van der Waals surface area contributed by atoms with E-state index in [1.54, 1.807) is 0 Å². The van der Waals surface area contributed by atoms with Crippen LogP contribution in [0.25, 0.3) is 5.57 Å². The zero-order valence-electron chi connectivity index (χ0n) is 28.2. The monoisotopic (exact) mass is 570 g/mol. The van der Waals surface area contributed by atoms with Gasteiger partial charge in [0.1, 0.15) is 0 Å². The maximum atomic E-state index is 10.5. The van der Waals surface area contributed by atoms with Crippen LogP contribution in [0.3, 0.4) is 0 Å². The maximum absolute atomic E-state index is 10.5. The van der Waals surface area contributed by atoms with Crippen LogP contribution in [0.15, 0.2) is 29.9 Å². The Bertz CT molecular complexity index is 1110. The maximum Gasteiger partial charge on any atom is 0.335 e. The molecule has 1 spiro atoms. The molecule has 2 aliphatic rings. The van der Waals surface area contributed by atoms with Crippen molar-refractivity contribution in [2.45, 2.75) is 146 Å². The molecule has 2 unspecified atom stereocenters. The van der Waals surface area contributed by atoms with E-state index in [0.717, 1.165) is 12.0 Å². The van der Waals surface area contributed by atoms with Gasteiger partial charge in [0, 0.05) is 11.5 Å². The molecule has 1 saturated heterocycles. The molecule has 0 aromatic heterocycles. The number of benzene rings is 1. The summed E-state index contributed by atoms with van der Waals surface area (Å²) >= 11 is 0. The number of unbranched alkanes of at least 4 members (excludes halogenated alkanes) is 1. The van der Waals surface area contributed by atoms with Crippen LogP contribution in [0.2, 0.25) is 0 Å². The van der Waals surface area contributed by atoms with Gasteiger partial charge in [-0.1, -0.05) is 141 Å². The first-order chi connectivity index (χ1) is 18.1. The number of allylic oxidation sites excluding steroid dienone is 2. The Labute approximate surface area is 248 Å². The van der Waals surface area contributed by atoms with Gasteiger partial charge < -0.3 is 4.89 Å². The van der Waals surface area contributed by atoms with Gasteiger partial charge in [0.2, 0.25) is 5.79 Å². The SMILES string of the molecule is CCCCC(CC)Cc1c(C2=CC(C(C)(C)C)=CC(C(C)(C)C)C23OP(O)O3)cc(C(C)(C)C)cc1C(C)(C)C. The Kier molecular flexibility index (Phi) is 9.71. The van der Waals surface area contributed by atoms with Gasteiger partial charge in [-0.2, -0.15) is 0 Å². The molecule has 1 N–H and O–H groups in total. The molecule has 2 atom stereocenters. The van der Waals surface area contributed by atoms with Crippen molar-refractivity contribution in [3.8, 4) is 0 Å². The number of rotatable bonds is 7. The summed E-state index contributed by atoms with van der Waals surface area (Å²) in [4.78, 5) is 10.5. The van der Waals surface area contributed by atoms with Crippen molar-refractivity contribution in [1.82, 2.24) is 0 Å². The van der Waals surface area contributed by atoms with E-state index in [4.69, 9.17) is 9.05 Å². The van der Waals surface area contributed by atoms with Crippen molar-refractivity contribution in [2.24, 2.45) is 22.7 Å². The third-order valence-electron chi connectivity index (χ3n) is 8.91. The molecule has 1 heterocycles. The van der Waals surface area contributed by atoms with E-state index >= 15 is 0 Å². The molecule has 0 amide bonds. The topological polar surface area (TPSA) is 38.7 Å². The summed E-state index contributed by atoms with van der Waals surface area (Å²) in [5.74, 6) is -0.403. The largest absolute Gasteiger partial charge is 0.335 e. The van der Waals surface area contributed by atoms with Gasteiger partial charge in [-0.25, -0.2) is 0 Å². The fraction of sp³-hybridized carbons (Fsp3) is 0.722. The minimum Gasteiger partial charge on any atom is -0.328 e. The lowest BCUT2D eigenvalue weighted by Crippen LogP contribution is -2.54. The average Bonchev–Trinajstić information content (AvgIpc) is 2.77. The van der Waals surface area contributed by atoms with Crippen molar-refractivity contribution in [1.29, 1.82) is 0 Å². The van der Waals surface area contributed by atoms with E-state index in [1.807, 2.05) is 0 Å². The highest BCUT2D eigenvalue weighted by atomic mass is 31.2. The lowest BCUT2D eigenvalue weighted by atomic mass is 9.64. The zero-order chi connectivity index (χ0) is 30.5. The van der Waals surface area contributed by atoms with Crippen molar-refractivity contribution in [2.75, 3.05) is 0 Å². The third-order valence-corrected chi connectivity index (χ3v) is 9.76. The second kappa shape index (κ2) is 11.6. The Morgan fingerprint density at radius 3 is 1.90 bits per heavy atom. The van der Waals surface area contributed by atoms with Crippen LogP contribution in [0, 0.1) is 22.7 Å². The molecule has 3 nitrogen and oxygen atoms in total. The highest BCUT2D eigenvalue weighted by Gasteiger charge is 2.61. The molecule has 0 radical (unpaired) electrons. The molecule has 0 saturated carbocycles. The molecule has 1 aromatic rings. The molecule has 40 heavy (non-hydrogen) atoms. The van der Waals surface area contributed by atoms with E-state index in [-0.39, 0.29) is 27.6 Å². The van der Waals surface area contributed by atoms with E-state index in [0.29, 0.717) is 5.92 Å². The van der Waals surface area contributed by atoms with Crippen molar-refractivity contribution >= 4 is 14.2 Å². The molecule has 1 aromatic carbocycles. The molecular formula is C36H59O3P. The van der Waals surface area contributed by atoms with Crippen molar-refractivity contribution < 1.29 is 13.9 Å². The third kappa shape index (κ3) is 6.96.